The van der Waals surface area contributed by atoms with Crippen molar-refractivity contribution in [3.63, 3.8) is 0 Å². The number of aromatic nitrogens is 4. The highest BCUT2D eigenvalue weighted by Gasteiger charge is 2.34. The van der Waals surface area contributed by atoms with Gasteiger partial charge in [-0.15, -0.1) is 11.6 Å². The lowest BCUT2D eigenvalue weighted by Gasteiger charge is -2.40. The number of anilines is 1. The number of imidazole rings is 1. The Hall–Kier alpha value is -2.90. The lowest BCUT2D eigenvalue weighted by atomic mass is 9.81. The Labute approximate surface area is 190 Å². The molecule has 1 saturated heterocycles. The van der Waals surface area contributed by atoms with Crippen molar-refractivity contribution in [2.45, 2.75) is 25.8 Å². The number of rotatable bonds is 6. The summed E-state index contributed by atoms with van der Waals surface area (Å²) >= 11 is 6.14. The highest BCUT2D eigenvalue weighted by atomic mass is 35.5. The van der Waals surface area contributed by atoms with Gasteiger partial charge in [-0.1, -0.05) is 18.2 Å². The zero-order chi connectivity index (χ0) is 22.1. The van der Waals surface area contributed by atoms with Crippen LogP contribution in [0, 0.1) is 5.41 Å². The zero-order valence-corrected chi connectivity index (χ0v) is 18.6. The lowest BCUT2D eigenvalue weighted by molar-refractivity contribution is 0.118. The molecule has 0 atom stereocenters. The van der Waals surface area contributed by atoms with Crippen LogP contribution in [0.2, 0.25) is 0 Å². The minimum atomic E-state index is -0.224. The fourth-order valence-electron chi connectivity index (χ4n) is 4.52. The first kappa shape index (κ1) is 21.0. The van der Waals surface area contributed by atoms with Gasteiger partial charge in [0.1, 0.15) is 5.65 Å². The second-order valence-corrected chi connectivity index (χ2v) is 8.91. The Morgan fingerprint density at radius 1 is 1.12 bits per heavy atom. The van der Waals surface area contributed by atoms with Crippen molar-refractivity contribution in [1.82, 2.24) is 19.2 Å². The van der Waals surface area contributed by atoms with Crippen molar-refractivity contribution in [2.75, 3.05) is 30.5 Å². The molecule has 4 heterocycles. The molecular formula is C24H26ClN5O2. The highest BCUT2D eigenvalue weighted by molar-refractivity contribution is 6.18. The van der Waals surface area contributed by atoms with Crippen LogP contribution in [0.15, 0.2) is 59.8 Å². The molecule has 166 valence electrons. The second-order valence-electron chi connectivity index (χ2n) is 8.64. The number of aryl methyl sites for hydroxylation is 2. The van der Waals surface area contributed by atoms with Crippen molar-refractivity contribution in [3.05, 3.63) is 71.0 Å². The summed E-state index contributed by atoms with van der Waals surface area (Å²) in [6, 6.07) is 11.8. The molecule has 0 unspecified atom stereocenters. The molecule has 0 spiro atoms. The van der Waals surface area contributed by atoms with Gasteiger partial charge in [0.2, 0.25) is 0 Å². The van der Waals surface area contributed by atoms with E-state index in [9.17, 15) is 9.90 Å². The van der Waals surface area contributed by atoms with Crippen LogP contribution in [0.5, 0.6) is 0 Å². The molecule has 8 heteroatoms. The number of pyridine rings is 1. The average Bonchev–Trinajstić information content (AvgIpc) is 3.26. The highest BCUT2D eigenvalue weighted by Crippen LogP contribution is 2.35. The van der Waals surface area contributed by atoms with E-state index in [1.165, 1.54) is 4.68 Å². The molecule has 1 N–H and O–H groups in total. The standard InChI is InChI=1S/C24H26ClN5O2/c25-16-24(17-31)8-12-28(13-9-24)20-5-3-4-18-14-26-30(23(32)22(18)20)11-7-19-15-29-10-2-1-6-21(29)27-19/h1-6,10,14-15,31H,7-9,11-13,16-17H2. The molecule has 32 heavy (non-hydrogen) atoms. The summed E-state index contributed by atoms with van der Waals surface area (Å²) in [6.07, 6.45) is 7.95. The fraction of sp³-hybridized carbons (Fsp3) is 0.375. The Morgan fingerprint density at radius 3 is 2.72 bits per heavy atom. The van der Waals surface area contributed by atoms with Crippen LogP contribution in [0.3, 0.4) is 0 Å². The molecule has 3 aromatic heterocycles. The first-order valence-electron chi connectivity index (χ1n) is 11.0. The van der Waals surface area contributed by atoms with Crippen molar-refractivity contribution in [3.8, 4) is 0 Å². The van der Waals surface area contributed by atoms with E-state index in [1.807, 2.05) is 53.2 Å². The van der Waals surface area contributed by atoms with Crippen LogP contribution >= 0.6 is 11.6 Å². The molecule has 1 aliphatic rings. The number of fused-ring (bicyclic) bond motifs is 2. The minimum Gasteiger partial charge on any atom is -0.396 e. The summed E-state index contributed by atoms with van der Waals surface area (Å²) in [6.45, 7) is 2.08. The number of aliphatic hydroxyl groups is 1. The smallest absolute Gasteiger partial charge is 0.276 e. The van der Waals surface area contributed by atoms with Crippen molar-refractivity contribution < 1.29 is 5.11 Å². The second kappa shape index (κ2) is 8.56. The van der Waals surface area contributed by atoms with Gasteiger partial charge >= 0.3 is 0 Å². The number of alkyl halides is 1. The summed E-state index contributed by atoms with van der Waals surface area (Å²) in [5.41, 5.74) is 2.44. The average molecular weight is 452 g/mol. The van der Waals surface area contributed by atoms with Crippen LogP contribution in [0.1, 0.15) is 18.5 Å². The van der Waals surface area contributed by atoms with Crippen LogP contribution in [-0.4, -0.2) is 49.8 Å². The fourth-order valence-corrected chi connectivity index (χ4v) is 4.87. The van der Waals surface area contributed by atoms with Gasteiger partial charge in [-0.3, -0.25) is 4.79 Å². The number of aliphatic hydroxyl groups excluding tert-OH is 1. The Bertz CT molecular complexity index is 1270. The monoisotopic (exact) mass is 451 g/mol. The predicted octanol–water partition coefficient (Wildman–Crippen LogP) is 3.10. The van der Waals surface area contributed by atoms with Crippen LogP contribution in [0.25, 0.3) is 16.4 Å². The van der Waals surface area contributed by atoms with Gasteiger partial charge in [-0.05, 0) is 31.0 Å². The molecule has 5 rings (SSSR count). The largest absolute Gasteiger partial charge is 0.396 e. The molecule has 0 saturated carbocycles. The van der Waals surface area contributed by atoms with E-state index in [0.717, 1.165) is 48.3 Å². The Kier molecular flexibility index (Phi) is 5.61. The summed E-state index contributed by atoms with van der Waals surface area (Å²) < 4.78 is 3.52. The molecule has 0 radical (unpaired) electrons. The first-order chi connectivity index (χ1) is 15.6. The topological polar surface area (TPSA) is 75.7 Å². The zero-order valence-electron chi connectivity index (χ0n) is 17.8. The van der Waals surface area contributed by atoms with Gasteiger partial charge in [0, 0.05) is 55.2 Å². The molecule has 1 aromatic carbocycles. The number of hydrogen-bond acceptors (Lipinski definition) is 5. The van der Waals surface area contributed by atoms with Gasteiger partial charge in [0.15, 0.2) is 0 Å². The van der Waals surface area contributed by atoms with E-state index in [1.54, 1.807) is 6.20 Å². The number of halogens is 1. The maximum Gasteiger partial charge on any atom is 0.276 e. The summed E-state index contributed by atoms with van der Waals surface area (Å²) in [4.78, 5) is 20.3. The van der Waals surface area contributed by atoms with Gasteiger partial charge in [-0.25, -0.2) is 9.67 Å². The molecule has 1 fully saturated rings. The Balaban J connectivity index is 1.42. The normalized spacial score (nSPS) is 16.1. The van der Waals surface area contributed by atoms with Gasteiger partial charge in [-0.2, -0.15) is 5.10 Å². The number of piperidine rings is 1. The van der Waals surface area contributed by atoms with Crippen molar-refractivity contribution in [1.29, 1.82) is 0 Å². The molecule has 0 bridgehead atoms. The molecule has 0 aliphatic carbocycles. The number of benzene rings is 1. The van der Waals surface area contributed by atoms with E-state index in [0.29, 0.717) is 24.2 Å². The number of hydrogen-bond donors (Lipinski definition) is 1. The maximum absolute atomic E-state index is 13.4. The quantitative estimate of drug-likeness (QED) is 0.456. The maximum atomic E-state index is 13.4. The van der Waals surface area contributed by atoms with E-state index in [4.69, 9.17) is 11.6 Å². The summed E-state index contributed by atoms with van der Waals surface area (Å²) in [5.74, 6) is 0.451. The summed E-state index contributed by atoms with van der Waals surface area (Å²) in [7, 11) is 0. The van der Waals surface area contributed by atoms with Gasteiger partial charge in [0.05, 0.1) is 29.5 Å². The van der Waals surface area contributed by atoms with Crippen molar-refractivity contribution in [2.24, 2.45) is 5.41 Å². The SMILES string of the molecule is O=c1c2c(N3CCC(CO)(CCl)CC3)cccc2cnn1CCc1cn2ccccc2n1. The number of nitrogens with zero attached hydrogens (tertiary/aromatic N) is 5. The van der Waals surface area contributed by atoms with E-state index in [2.05, 4.69) is 15.0 Å². The van der Waals surface area contributed by atoms with E-state index in [-0.39, 0.29) is 17.6 Å². The predicted molar refractivity (Wildman–Crippen MR) is 127 cm³/mol. The molecular weight excluding hydrogens is 426 g/mol. The molecule has 4 aromatic rings. The molecule has 1 aliphatic heterocycles. The lowest BCUT2D eigenvalue weighted by Crippen LogP contribution is -2.43. The third-order valence-electron chi connectivity index (χ3n) is 6.64. The third kappa shape index (κ3) is 3.76. The third-order valence-corrected chi connectivity index (χ3v) is 7.20. The van der Waals surface area contributed by atoms with Crippen LogP contribution < -0.4 is 10.5 Å². The van der Waals surface area contributed by atoms with Crippen LogP contribution in [0.4, 0.5) is 5.69 Å². The summed E-state index contributed by atoms with van der Waals surface area (Å²) in [5, 5.41) is 15.7. The van der Waals surface area contributed by atoms with Gasteiger partial charge < -0.3 is 14.4 Å². The Morgan fingerprint density at radius 2 is 1.97 bits per heavy atom. The van der Waals surface area contributed by atoms with Gasteiger partial charge in [0.25, 0.3) is 5.56 Å². The van der Waals surface area contributed by atoms with Crippen molar-refractivity contribution >= 4 is 33.7 Å². The minimum absolute atomic E-state index is 0.0850. The van der Waals surface area contributed by atoms with E-state index >= 15 is 0 Å². The molecule has 7 nitrogen and oxygen atoms in total. The first-order valence-corrected chi connectivity index (χ1v) is 11.5. The van der Waals surface area contributed by atoms with E-state index < -0.39 is 0 Å². The van der Waals surface area contributed by atoms with Crippen LogP contribution in [-0.2, 0) is 13.0 Å². The molecule has 0 amide bonds.